The number of nitrogens with zero attached hydrogens (tertiary/aromatic N) is 1. The molecule has 1 rings (SSSR count). The third kappa shape index (κ3) is 8.76. The fraction of sp³-hybridized carbons (Fsp3) is 0.444. The summed E-state index contributed by atoms with van der Waals surface area (Å²) in [6.07, 6.45) is 6.84. The Balaban J connectivity index is 2.20. The van der Waals surface area contributed by atoms with Gasteiger partial charge in [0.05, 0.1) is 0 Å². The average molecular weight is 320 g/mol. The van der Waals surface area contributed by atoms with E-state index in [2.05, 4.69) is 37.4 Å². The summed E-state index contributed by atoms with van der Waals surface area (Å²) in [7, 11) is 0. The fourth-order valence-electron chi connectivity index (χ4n) is 1.86. The number of hydrogen-bond donors (Lipinski definition) is 1. The molecule has 0 saturated carbocycles. The van der Waals surface area contributed by atoms with Crippen molar-refractivity contribution in [3.63, 3.8) is 0 Å². The Labute approximate surface area is 137 Å². The van der Waals surface area contributed by atoms with Gasteiger partial charge in [-0.05, 0) is 51.2 Å². The quantitative estimate of drug-likeness (QED) is 0.423. The summed E-state index contributed by atoms with van der Waals surface area (Å²) in [5.74, 6) is -0.351. The van der Waals surface area contributed by atoms with Gasteiger partial charge in [-0.25, -0.2) is 9.82 Å². The van der Waals surface area contributed by atoms with Crippen molar-refractivity contribution in [3.05, 3.63) is 41.7 Å². The first-order chi connectivity index (χ1) is 11.0. The van der Waals surface area contributed by atoms with E-state index in [9.17, 15) is 9.18 Å². The van der Waals surface area contributed by atoms with Gasteiger partial charge in [-0.1, -0.05) is 30.7 Å². The summed E-state index contributed by atoms with van der Waals surface area (Å²) in [5.41, 5.74) is 3.70. The SMILES string of the molecule is CC(C)=CCC[C@@H](C)C/C=N\NC(=O)COc1ccccc1F. The standard InChI is InChI=1S/C18H25FN2O2/c1-14(2)7-6-8-15(3)11-12-20-21-18(22)13-23-17-10-5-4-9-16(17)19/h4-5,7,9-10,12,15H,6,8,11,13H2,1-3H3,(H,21,22)/b20-12-/t15-/m1/s1. The molecular weight excluding hydrogens is 295 g/mol. The lowest BCUT2D eigenvalue weighted by atomic mass is 10.0. The number of allylic oxidation sites excluding steroid dienone is 2. The number of benzene rings is 1. The van der Waals surface area contributed by atoms with Crippen molar-refractivity contribution < 1.29 is 13.9 Å². The van der Waals surface area contributed by atoms with Crippen LogP contribution in [0.5, 0.6) is 5.75 Å². The monoisotopic (exact) mass is 320 g/mol. The van der Waals surface area contributed by atoms with Crippen LogP contribution in [0.1, 0.15) is 40.0 Å². The van der Waals surface area contributed by atoms with Gasteiger partial charge in [0.15, 0.2) is 18.2 Å². The lowest BCUT2D eigenvalue weighted by Gasteiger charge is -2.07. The maximum atomic E-state index is 13.3. The van der Waals surface area contributed by atoms with Gasteiger partial charge in [0.1, 0.15) is 0 Å². The van der Waals surface area contributed by atoms with Gasteiger partial charge >= 0.3 is 0 Å². The predicted molar refractivity (Wildman–Crippen MR) is 91.0 cm³/mol. The Morgan fingerprint density at radius 1 is 1.39 bits per heavy atom. The van der Waals surface area contributed by atoms with E-state index in [1.54, 1.807) is 18.3 Å². The minimum Gasteiger partial charge on any atom is -0.481 e. The summed E-state index contributed by atoms with van der Waals surface area (Å²) in [6, 6.07) is 5.96. The number of para-hydroxylation sites is 1. The number of amides is 1. The van der Waals surface area contributed by atoms with Crippen LogP contribution in [0.15, 0.2) is 41.0 Å². The molecular formula is C18H25FN2O2. The largest absolute Gasteiger partial charge is 0.481 e. The Kier molecular flexibility index (Phi) is 8.65. The molecule has 0 aliphatic rings. The van der Waals surface area contributed by atoms with Gasteiger partial charge < -0.3 is 4.74 Å². The van der Waals surface area contributed by atoms with Gasteiger partial charge in [-0.3, -0.25) is 4.79 Å². The molecule has 0 saturated heterocycles. The van der Waals surface area contributed by atoms with Crippen LogP contribution in [0.25, 0.3) is 0 Å². The minimum absolute atomic E-state index is 0.0551. The number of ether oxygens (including phenoxy) is 1. The number of rotatable bonds is 9. The first-order valence-electron chi connectivity index (χ1n) is 7.80. The van der Waals surface area contributed by atoms with Gasteiger partial charge in [-0.15, -0.1) is 0 Å². The summed E-state index contributed by atoms with van der Waals surface area (Å²) >= 11 is 0. The number of carbonyl (C=O) groups excluding carboxylic acids is 1. The third-order valence-electron chi connectivity index (χ3n) is 3.20. The summed E-state index contributed by atoms with van der Waals surface area (Å²) in [5, 5.41) is 3.88. The molecule has 4 nitrogen and oxygen atoms in total. The normalized spacial score (nSPS) is 12.0. The highest BCUT2D eigenvalue weighted by Crippen LogP contribution is 2.14. The Bertz CT molecular complexity index is 552. The third-order valence-corrected chi connectivity index (χ3v) is 3.20. The van der Waals surface area contributed by atoms with Gasteiger partial charge in [-0.2, -0.15) is 5.10 Å². The lowest BCUT2D eigenvalue weighted by molar-refractivity contribution is -0.123. The first kappa shape index (κ1) is 18.9. The highest BCUT2D eigenvalue weighted by molar-refractivity contribution is 5.78. The molecule has 0 heterocycles. The second-order valence-electron chi connectivity index (χ2n) is 5.77. The highest BCUT2D eigenvalue weighted by atomic mass is 19.1. The van der Waals surface area contributed by atoms with Crippen LogP contribution < -0.4 is 10.2 Å². The molecule has 0 aliphatic heterocycles. The zero-order chi connectivity index (χ0) is 17.1. The zero-order valence-electron chi connectivity index (χ0n) is 14.0. The number of hydrazone groups is 1. The Morgan fingerprint density at radius 2 is 2.13 bits per heavy atom. The van der Waals surface area contributed by atoms with E-state index < -0.39 is 11.7 Å². The molecule has 0 bridgehead atoms. The first-order valence-corrected chi connectivity index (χ1v) is 7.80. The summed E-state index contributed by atoms with van der Waals surface area (Å²) < 4.78 is 18.4. The van der Waals surface area contributed by atoms with Crippen molar-refractivity contribution in [1.82, 2.24) is 5.43 Å². The molecule has 1 atom stereocenters. The van der Waals surface area contributed by atoms with Crippen LogP contribution in [0.4, 0.5) is 4.39 Å². The van der Waals surface area contributed by atoms with Crippen molar-refractivity contribution >= 4 is 12.1 Å². The molecule has 5 heteroatoms. The van der Waals surface area contributed by atoms with Crippen molar-refractivity contribution in [2.75, 3.05) is 6.61 Å². The van der Waals surface area contributed by atoms with Crippen molar-refractivity contribution in [2.45, 2.75) is 40.0 Å². The maximum Gasteiger partial charge on any atom is 0.277 e. The highest BCUT2D eigenvalue weighted by Gasteiger charge is 2.05. The van der Waals surface area contributed by atoms with Crippen molar-refractivity contribution in [3.8, 4) is 5.75 Å². The second kappa shape index (κ2) is 10.5. The van der Waals surface area contributed by atoms with Crippen LogP contribution in [0.3, 0.4) is 0 Å². The molecule has 0 aromatic heterocycles. The molecule has 1 amide bonds. The zero-order valence-corrected chi connectivity index (χ0v) is 14.0. The molecule has 126 valence electrons. The molecule has 0 unspecified atom stereocenters. The van der Waals surface area contributed by atoms with Crippen LogP contribution in [0, 0.1) is 11.7 Å². The van der Waals surface area contributed by atoms with Crippen molar-refractivity contribution in [2.24, 2.45) is 11.0 Å². The topological polar surface area (TPSA) is 50.7 Å². The molecule has 0 aliphatic carbocycles. The van der Waals surface area contributed by atoms with Crippen LogP contribution in [-0.2, 0) is 4.79 Å². The number of halogens is 1. The number of nitrogens with one attached hydrogen (secondary N) is 1. The number of carbonyl (C=O) groups is 1. The van der Waals surface area contributed by atoms with Gasteiger partial charge in [0, 0.05) is 6.21 Å². The van der Waals surface area contributed by atoms with Crippen molar-refractivity contribution in [1.29, 1.82) is 0 Å². The molecule has 1 N–H and O–H groups in total. The molecule has 0 spiro atoms. The fourth-order valence-corrected chi connectivity index (χ4v) is 1.86. The predicted octanol–water partition coefficient (Wildman–Crippen LogP) is 4.08. The van der Waals surface area contributed by atoms with E-state index in [0.717, 1.165) is 19.3 Å². The van der Waals surface area contributed by atoms with E-state index in [4.69, 9.17) is 4.74 Å². The summed E-state index contributed by atoms with van der Waals surface area (Å²) in [6.45, 7) is 6.05. The van der Waals surface area contributed by atoms with Crippen LogP contribution in [-0.4, -0.2) is 18.7 Å². The molecule has 1 aromatic rings. The molecule has 1 aromatic carbocycles. The maximum absolute atomic E-state index is 13.3. The van der Waals surface area contributed by atoms with Gasteiger partial charge in [0.2, 0.25) is 0 Å². The van der Waals surface area contributed by atoms with E-state index in [1.165, 1.54) is 17.7 Å². The Morgan fingerprint density at radius 3 is 2.83 bits per heavy atom. The van der Waals surface area contributed by atoms with Crippen LogP contribution >= 0.6 is 0 Å². The number of hydrogen-bond acceptors (Lipinski definition) is 3. The van der Waals surface area contributed by atoms with E-state index in [1.807, 2.05) is 0 Å². The average Bonchev–Trinajstić information content (AvgIpc) is 2.50. The van der Waals surface area contributed by atoms with E-state index >= 15 is 0 Å². The molecule has 23 heavy (non-hydrogen) atoms. The van der Waals surface area contributed by atoms with E-state index in [0.29, 0.717) is 5.92 Å². The second-order valence-corrected chi connectivity index (χ2v) is 5.77. The minimum atomic E-state index is -0.492. The molecule has 0 radical (unpaired) electrons. The smallest absolute Gasteiger partial charge is 0.277 e. The lowest BCUT2D eigenvalue weighted by Crippen LogP contribution is -2.24. The van der Waals surface area contributed by atoms with E-state index in [-0.39, 0.29) is 12.4 Å². The molecule has 0 fully saturated rings. The van der Waals surface area contributed by atoms with Crippen LogP contribution in [0.2, 0.25) is 0 Å². The van der Waals surface area contributed by atoms with Gasteiger partial charge in [0.25, 0.3) is 5.91 Å². The summed E-state index contributed by atoms with van der Waals surface area (Å²) in [4.78, 5) is 11.5. The Hall–Kier alpha value is -2.17.